The third kappa shape index (κ3) is 6.20. The Bertz CT molecular complexity index is 699. The number of nitrogens with one attached hydrogen (secondary N) is 1. The second-order valence-electron chi connectivity index (χ2n) is 8.06. The molecular formula is C19H36Cl2N6O2. The standard InChI is InChI=1S/C19H34N6O2.2ClH/c1-4-24-17(21-25(19(24)27)13-12-22(2)3)16-6-5-11-23(14-16)18(26)15-7-9-20-10-8-15;;/h15-16,20H,4-14H2,1-3H3;2*1H. The van der Waals surface area contributed by atoms with Crippen LogP contribution in [0.4, 0.5) is 0 Å². The lowest BCUT2D eigenvalue weighted by atomic mass is 9.92. The molecule has 1 unspecified atom stereocenters. The van der Waals surface area contributed by atoms with Crippen LogP contribution in [0.15, 0.2) is 4.79 Å². The molecule has 2 fully saturated rings. The first-order chi connectivity index (χ1) is 13.0. The Morgan fingerprint density at radius 2 is 1.90 bits per heavy atom. The minimum atomic E-state index is -0.0313. The van der Waals surface area contributed by atoms with Crippen molar-refractivity contribution in [3.63, 3.8) is 0 Å². The van der Waals surface area contributed by atoms with Crippen molar-refractivity contribution in [1.29, 1.82) is 0 Å². The molecule has 168 valence electrons. The zero-order valence-corrected chi connectivity index (χ0v) is 19.4. The van der Waals surface area contributed by atoms with Gasteiger partial charge >= 0.3 is 5.69 Å². The molecule has 1 N–H and O–H groups in total. The van der Waals surface area contributed by atoms with Crippen molar-refractivity contribution in [2.75, 3.05) is 46.8 Å². The second kappa shape index (κ2) is 11.9. The van der Waals surface area contributed by atoms with Gasteiger partial charge in [-0.05, 0) is 59.8 Å². The zero-order valence-electron chi connectivity index (χ0n) is 17.8. The fourth-order valence-corrected chi connectivity index (χ4v) is 4.21. The highest BCUT2D eigenvalue weighted by molar-refractivity contribution is 5.85. The van der Waals surface area contributed by atoms with E-state index in [1.165, 1.54) is 0 Å². The molecule has 0 saturated carbocycles. The fraction of sp³-hybridized carbons (Fsp3) is 0.842. The van der Waals surface area contributed by atoms with Crippen LogP contribution in [0.1, 0.15) is 44.3 Å². The maximum atomic E-state index is 12.9. The number of hydrogen-bond acceptors (Lipinski definition) is 5. The fourth-order valence-electron chi connectivity index (χ4n) is 4.21. The summed E-state index contributed by atoms with van der Waals surface area (Å²) < 4.78 is 3.38. The number of hydrogen-bond donors (Lipinski definition) is 1. The van der Waals surface area contributed by atoms with Crippen LogP contribution in [0.2, 0.25) is 0 Å². The van der Waals surface area contributed by atoms with Crippen LogP contribution < -0.4 is 11.0 Å². The summed E-state index contributed by atoms with van der Waals surface area (Å²) in [6, 6.07) is 0. The Balaban J connectivity index is 0.00000210. The van der Waals surface area contributed by atoms with Crippen LogP contribution in [0.3, 0.4) is 0 Å². The summed E-state index contributed by atoms with van der Waals surface area (Å²) in [4.78, 5) is 29.7. The van der Waals surface area contributed by atoms with E-state index < -0.39 is 0 Å². The number of aromatic nitrogens is 3. The summed E-state index contributed by atoms with van der Waals surface area (Å²) >= 11 is 0. The van der Waals surface area contributed by atoms with Gasteiger partial charge in [-0.1, -0.05) is 0 Å². The number of halogens is 2. The monoisotopic (exact) mass is 450 g/mol. The Morgan fingerprint density at radius 3 is 2.52 bits per heavy atom. The van der Waals surface area contributed by atoms with Gasteiger partial charge in [-0.25, -0.2) is 9.48 Å². The summed E-state index contributed by atoms with van der Waals surface area (Å²) in [6.45, 7) is 7.36. The van der Waals surface area contributed by atoms with Gasteiger partial charge in [0.15, 0.2) is 0 Å². The van der Waals surface area contributed by atoms with Crippen LogP contribution in [0, 0.1) is 5.92 Å². The van der Waals surface area contributed by atoms with Gasteiger partial charge in [0, 0.05) is 38.0 Å². The highest BCUT2D eigenvalue weighted by atomic mass is 35.5. The average Bonchev–Trinajstić information content (AvgIpc) is 3.02. The molecular weight excluding hydrogens is 415 g/mol. The normalized spacial score (nSPS) is 20.3. The topological polar surface area (TPSA) is 75.4 Å². The smallest absolute Gasteiger partial charge is 0.342 e. The minimum Gasteiger partial charge on any atom is -0.342 e. The van der Waals surface area contributed by atoms with E-state index in [-0.39, 0.29) is 42.3 Å². The summed E-state index contributed by atoms with van der Waals surface area (Å²) in [6.07, 6.45) is 3.82. The highest BCUT2D eigenvalue weighted by Crippen LogP contribution is 2.27. The van der Waals surface area contributed by atoms with Crippen molar-refractivity contribution in [3.05, 3.63) is 16.3 Å². The SMILES string of the molecule is CCn1c(C2CCCN(C(=O)C3CCNCC3)C2)nn(CCN(C)C)c1=O.Cl.Cl. The van der Waals surface area contributed by atoms with Gasteiger partial charge in [0.25, 0.3) is 0 Å². The first kappa shape index (κ1) is 25.9. The third-order valence-corrected chi connectivity index (χ3v) is 5.81. The number of piperidine rings is 2. The Kier molecular flexibility index (Phi) is 10.7. The molecule has 2 aliphatic heterocycles. The molecule has 3 rings (SSSR count). The second-order valence-corrected chi connectivity index (χ2v) is 8.06. The third-order valence-electron chi connectivity index (χ3n) is 5.81. The first-order valence-electron chi connectivity index (χ1n) is 10.3. The van der Waals surface area contributed by atoms with E-state index in [4.69, 9.17) is 0 Å². The Hall–Kier alpha value is -1.09. The molecule has 1 amide bonds. The number of carbonyl (C=O) groups excluding carboxylic acids is 1. The van der Waals surface area contributed by atoms with Crippen LogP contribution >= 0.6 is 24.8 Å². The predicted molar refractivity (Wildman–Crippen MR) is 119 cm³/mol. The number of amides is 1. The lowest BCUT2D eigenvalue weighted by Gasteiger charge is -2.35. The van der Waals surface area contributed by atoms with Crippen molar-refractivity contribution < 1.29 is 4.79 Å². The maximum Gasteiger partial charge on any atom is 0.345 e. The number of rotatable bonds is 6. The Morgan fingerprint density at radius 1 is 1.21 bits per heavy atom. The minimum absolute atomic E-state index is 0. The number of carbonyl (C=O) groups is 1. The molecule has 1 atom stereocenters. The van der Waals surface area contributed by atoms with Crippen molar-refractivity contribution in [2.24, 2.45) is 5.92 Å². The van der Waals surface area contributed by atoms with E-state index in [1.54, 1.807) is 9.25 Å². The van der Waals surface area contributed by atoms with Crippen LogP contribution in [0.5, 0.6) is 0 Å². The molecule has 10 heteroatoms. The Labute approximate surface area is 185 Å². The molecule has 1 aromatic heterocycles. The number of likely N-dealkylation sites (N-methyl/N-ethyl adjacent to an activating group) is 1. The molecule has 3 heterocycles. The van der Waals surface area contributed by atoms with E-state index >= 15 is 0 Å². The zero-order chi connectivity index (χ0) is 19.4. The van der Waals surface area contributed by atoms with Gasteiger partial charge in [-0.3, -0.25) is 9.36 Å². The van der Waals surface area contributed by atoms with Crippen LogP contribution in [-0.4, -0.2) is 76.9 Å². The van der Waals surface area contributed by atoms with Gasteiger partial charge in [0.2, 0.25) is 5.91 Å². The van der Waals surface area contributed by atoms with Crippen molar-refractivity contribution >= 4 is 30.7 Å². The molecule has 0 radical (unpaired) electrons. The van der Waals surface area contributed by atoms with Gasteiger partial charge in [-0.15, -0.1) is 24.8 Å². The van der Waals surface area contributed by atoms with E-state index in [0.29, 0.717) is 25.5 Å². The molecule has 8 nitrogen and oxygen atoms in total. The summed E-state index contributed by atoms with van der Waals surface area (Å²) in [7, 11) is 3.99. The van der Waals surface area contributed by atoms with Crippen LogP contribution in [-0.2, 0) is 17.9 Å². The lowest BCUT2D eigenvalue weighted by molar-refractivity contribution is -0.137. The van der Waals surface area contributed by atoms with Crippen LogP contribution in [0.25, 0.3) is 0 Å². The molecule has 29 heavy (non-hydrogen) atoms. The summed E-state index contributed by atoms with van der Waals surface area (Å²) in [5.74, 6) is 1.44. The lowest BCUT2D eigenvalue weighted by Crippen LogP contribution is -2.45. The molecule has 0 bridgehead atoms. The summed E-state index contributed by atoms with van der Waals surface area (Å²) in [5.41, 5.74) is -0.0313. The molecule has 2 aliphatic rings. The van der Waals surface area contributed by atoms with E-state index in [2.05, 4.69) is 15.3 Å². The van der Waals surface area contributed by atoms with Gasteiger partial charge in [0.1, 0.15) is 5.82 Å². The predicted octanol–water partition coefficient (Wildman–Crippen LogP) is 1.18. The molecule has 1 aromatic rings. The van der Waals surface area contributed by atoms with E-state index in [1.807, 2.05) is 25.9 Å². The first-order valence-corrected chi connectivity index (χ1v) is 10.3. The quantitative estimate of drug-likeness (QED) is 0.703. The molecule has 2 saturated heterocycles. The molecule has 0 aromatic carbocycles. The highest BCUT2D eigenvalue weighted by Gasteiger charge is 2.32. The largest absolute Gasteiger partial charge is 0.345 e. The molecule has 0 spiro atoms. The number of nitrogens with zero attached hydrogens (tertiary/aromatic N) is 5. The van der Waals surface area contributed by atoms with E-state index in [0.717, 1.165) is 57.7 Å². The average molecular weight is 451 g/mol. The van der Waals surface area contributed by atoms with E-state index in [9.17, 15) is 9.59 Å². The maximum absolute atomic E-state index is 12.9. The van der Waals surface area contributed by atoms with Gasteiger partial charge in [-0.2, -0.15) is 5.10 Å². The summed E-state index contributed by atoms with van der Waals surface area (Å²) in [5, 5.41) is 8.00. The number of likely N-dealkylation sites (tertiary alicyclic amines) is 1. The van der Waals surface area contributed by atoms with Crippen molar-refractivity contribution in [2.45, 2.75) is 51.6 Å². The molecule has 0 aliphatic carbocycles. The van der Waals surface area contributed by atoms with Crippen molar-refractivity contribution in [1.82, 2.24) is 29.5 Å². The van der Waals surface area contributed by atoms with Gasteiger partial charge < -0.3 is 15.1 Å². The van der Waals surface area contributed by atoms with Gasteiger partial charge in [0.05, 0.1) is 6.54 Å². The van der Waals surface area contributed by atoms with Crippen molar-refractivity contribution in [3.8, 4) is 0 Å².